The van der Waals surface area contributed by atoms with Crippen molar-refractivity contribution in [1.82, 2.24) is 25.2 Å². The number of nitrogens with one attached hydrogen (secondary N) is 1. The van der Waals surface area contributed by atoms with E-state index < -0.39 is 31.1 Å². The quantitative estimate of drug-likeness (QED) is 0.443. The second-order valence-electron chi connectivity index (χ2n) is 6.13. The highest BCUT2D eigenvalue weighted by Crippen LogP contribution is 2.29. The molecule has 0 aliphatic heterocycles. The highest BCUT2D eigenvalue weighted by atomic mass is 19.4. The number of nitrogens with zero attached hydrogens (tertiary/aromatic N) is 4. The van der Waals surface area contributed by atoms with Crippen LogP contribution in [0.15, 0.2) is 41.3 Å². The average molecular weight is 417 g/mol. The number of rotatable bonds is 8. The van der Waals surface area contributed by atoms with Gasteiger partial charge < -0.3 is 9.09 Å². The van der Waals surface area contributed by atoms with E-state index >= 15 is 0 Å². The molecule has 3 rings (SSSR count). The van der Waals surface area contributed by atoms with E-state index in [4.69, 9.17) is 0 Å². The molecule has 29 heavy (non-hydrogen) atoms. The van der Waals surface area contributed by atoms with E-state index in [9.17, 15) is 22.0 Å². The van der Waals surface area contributed by atoms with Crippen molar-refractivity contribution in [3.63, 3.8) is 0 Å². The van der Waals surface area contributed by atoms with Crippen molar-refractivity contribution < 1.29 is 31.3 Å². The molecule has 2 aromatic heterocycles. The Morgan fingerprint density at radius 1 is 1.21 bits per heavy atom. The Balaban J connectivity index is 1.60. The van der Waals surface area contributed by atoms with Crippen LogP contribution < -0.4 is 5.48 Å². The fourth-order valence-electron chi connectivity index (χ4n) is 2.41. The molecule has 0 amide bonds. The molecule has 3 aromatic rings. The van der Waals surface area contributed by atoms with Gasteiger partial charge >= 0.3 is 12.1 Å². The van der Waals surface area contributed by atoms with Gasteiger partial charge in [0, 0.05) is 18.3 Å². The molecule has 0 fully saturated rings. The van der Waals surface area contributed by atoms with E-state index in [1.807, 2.05) is 0 Å². The SMILES string of the molecule is C[C@H](NOCC(F)F)c1cn(Cc2ccc(-c3noc(C(F)(F)F)n3)cc2)cn1. The van der Waals surface area contributed by atoms with E-state index in [0.29, 0.717) is 17.8 Å². The van der Waals surface area contributed by atoms with Crippen molar-refractivity contribution in [1.29, 1.82) is 0 Å². The number of aromatic nitrogens is 4. The molecule has 0 spiro atoms. The van der Waals surface area contributed by atoms with Crippen molar-refractivity contribution in [3.05, 3.63) is 53.9 Å². The van der Waals surface area contributed by atoms with E-state index in [1.165, 1.54) is 0 Å². The topological polar surface area (TPSA) is 78.0 Å². The van der Waals surface area contributed by atoms with Gasteiger partial charge in [0.15, 0.2) is 0 Å². The predicted molar refractivity (Wildman–Crippen MR) is 89.6 cm³/mol. The molecule has 12 heteroatoms. The van der Waals surface area contributed by atoms with Crippen LogP contribution in [0.2, 0.25) is 0 Å². The first kappa shape index (κ1) is 20.9. The van der Waals surface area contributed by atoms with Gasteiger partial charge in [0.2, 0.25) is 5.82 Å². The second-order valence-corrected chi connectivity index (χ2v) is 6.13. The molecular formula is C17H16F5N5O2. The Labute approximate surface area is 161 Å². The standard InChI is InChI=1S/C17H16F5N5O2/c1-10(25-28-8-14(18)19)13-7-27(9-23-13)6-11-2-4-12(5-3-11)15-24-16(29-26-15)17(20,21)22/h2-5,7,9-10,14,25H,6,8H2,1H3/t10-/m0/s1. The van der Waals surface area contributed by atoms with Crippen LogP contribution in [0.25, 0.3) is 11.4 Å². The zero-order valence-electron chi connectivity index (χ0n) is 15.0. The normalized spacial score (nSPS) is 13.2. The third-order valence-corrected chi connectivity index (χ3v) is 3.81. The fraction of sp³-hybridized carbons (Fsp3) is 0.353. The van der Waals surface area contributed by atoms with Crippen LogP contribution in [0.4, 0.5) is 22.0 Å². The van der Waals surface area contributed by atoms with Gasteiger partial charge in [0.1, 0.15) is 6.61 Å². The molecule has 0 aliphatic carbocycles. The van der Waals surface area contributed by atoms with E-state index in [0.717, 1.165) is 5.56 Å². The summed E-state index contributed by atoms with van der Waals surface area (Å²) in [4.78, 5) is 12.2. The van der Waals surface area contributed by atoms with Crippen molar-refractivity contribution in [2.75, 3.05) is 6.61 Å². The number of halogens is 5. The fourth-order valence-corrected chi connectivity index (χ4v) is 2.41. The maximum atomic E-state index is 12.5. The lowest BCUT2D eigenvalue weighted by Crippen LogP contribution is -2.22. The van der Waals surface area contributed by atoms with E-state index in [-0.39, 0.29) is 5.82 Å². The molecular weight excluding hydrogens is 401 g/mol. The number of hydroxylamine groups is 1. The summed E-state index contributed by atoms with van der Waals surface area (Å²) in [5, 5.41) is 3.34. The summed E-state index contributed by atoms with van der Waals surface area (Å²) in [5.74, 6) is -1.56. The summed E-state index contributed by atoms with van der Waals surface area (Å²) in [7, 11) is 0. The maximum Gasteiger partial charge on any atom is 0.471 e. The molecule has 0 radical (unpaired) electrons. The van der Waals surface area contributed by atoms with Gasteiger partial charge in [-0.3, -0.25) is 4.84 Å². The molecule has 0 saturated carbocycles. The highest BCUT2D eigenvalue weighted by Gasteiger charge is 2.38. The minimum absolute atomic E-state index is 0.155. The van der Waals surface area contributed by atoms with Crippen LogP contribution in [-0.2, 0) is 17.6 Å². The third kappa shape index (κ3) is 5.57. The van der Waals surface area contributed by atoms with Gasteiger partial charge in [-0.15, -0.1) is 0 Å². The molecule has 0 unspecified atom stereocenters. The average Bonchev–Trinajstić information content (AvgIpc) is 3.31. The summed E-state index contributed by atoms with van der Waals surface area (Å²) in [6.45, 7) is 1.44. The van der Waals surface area contributed by atoms with Crippen LogP contribution in [0.1, 0.15) is 30.1 Å². The minimum Gasteiger partial charge on any atom is -0.333 e. The van der Waals surface area contributed by atoms with Gasteiger partial charge in [-0.1, -0.05) is 29.4 Å². The molecule has 0 aliphatic rings. The Morgan fingerprint density at radius 2 is 1.93 bits per heavy atom. The van der Waals surface area contributed by atoms with Crippen molar-refractivity contribution in [3.8, 4) is 11.4 Å². The van der Waals surface area contributed by atoms with E-state index in [1.54, 1.807) is 48.3 Å². The Bertz CT molecular complexity index is 923. The van der Waals surface area contributed by atoms with Crippen LogP contribution in [0.5, 0.6) is 0 Å². The molecule has 2 heterocycles. The van der Waals surface area contributed by atoms with E-state index in [2.05, 4.69) is 30.0 Å². The van der Waals surface area contributed by atoms with Crippen molar-refractivity contribution in [2.45, 2.75) is 32.1 Å². The summed E-state index contributed by atoms with van der Waals surface area (Å²) in [6.07, 6.45) is -3.96. The lowest BCUT2D eigenvalue weighted by atomic mass is 10.1. The lowest BCUT2D eigenvalue weighted by molar-refractivity contribution is -0.159. The molecule has 0 saturated heterocycles. The summed E-state index contributed by atoms with van der Waals surface area (Å²) < 4.78 is 67.7. The Hall–Kier alpha value is -2.86. The first-order valence-corrected chi connectivity index (χ1v) is 8.39. The van der Waals surface area contributed by atoms with Gasteiger partial charge in [-0.05, 0) is 12.5 Å². The van der Waals surface area contributed by atoms with Crippen molar-refractivity contribution >= 4 is 0 Å². The minimum atomic E-state index is -4.69. The zero-order valence-corrected chi connectivity index (χ0v) is 15.0. The zero-order chi connectivity index (χ0) is 21.0. The van der Waals surface area contributed by atoms with Crippen LogP contribution in [0, 0.1) is 0 Å². The first-order chi connectivity index (χ1) is 13.7. The number of alkyl halides is 5. The molecule has 1 atom stereocenters. The highest BCUT2D eigenvalue weighted by molar-refractivity contribution is 5.54. The van der Waals surface area contributed by atoms with Gasteiger partial charge in [-0.25, -0.2) is 13.8 Å². The second kappa shape index (κ2) is 8.66. The predicted octanol–water partition coefficient (Wildman–Crippen LogP) is 3.85. The number of imidazole rings is 1. The molecule has 7 nitrogen and oxygen atoms in total. The van der Waals surface area contributed by atoms with Gasteiger partial charge in [0.05, 0.1) is 18.1 Å². The van der Waals surface area contributed by atoms with Crippen LogP contribution in [-0.4, -0.2) is 32.7 Å². The van der Waals surface area contributed by atoms with Crippen LogP contribution >= 0.6 is 0 Å². The van der Waals surface area contributed by atoms with Crippen LogP contribution in [0.3, 0.4) is 0 Å². The Kier molecular flexibility index (Phi) is 6.23. The number of hydrogen-bond donors (Lipinski definition) is 1. The summed E-state index contributed by atoms with van der Waals surface area (Å²) in [6, 6.07) is 6.21. The molecule has 1 N–H and O–H groups in total. The number of hydrogen-bond acceptors (Lipinski definition) is 6. The third-order valence-electron chi connectivity index (χ3n) is 3.81. The largest absolute Gasteiger partial charge is 0.471 e. The molecule has 0 bridgehead atoms. The summed E-state index contributed by atoms with van der Waals surface area (Å²) >= 11 is 0. The number of benzene rings is 1. The monoisotopic (exact) mass is 417 g/mol. The molecule has 156 valence electrons. The van der Waals surface area contributed by atoms with Gasteiger partial charge in [0.25, 0.3) is 6.43 Å². The Morgan fingerprint density at radius 3 is 2.55 bits per heavy atom. The smallest absolute Gasteiger partial charge is 0.333 e. The maximum absolute atomic E-state index is 12.5. The summed E-state index contributed by atoms with van der Waals surface area (Å²) in [5.41, 5.74) is 4.32. The molecule has 1 aromatic carbocycles. The first-order valence-electron chi connectivity index (χ1n) is 8.39. The van der Waals surface area contributed by atoms with Gasteiger partial charge in [-0.2, -0.15) is 23.6 Å². The lowest BCUT2D eigenvalue weighted by Gasteiger charge is -2.11. The van der Waals surface area contributed by atoms with Crippen molar-refractivity contribution in [2.24, 2.45) is 0 Å².